The van der Waals surface area contributed by atoms with Crippen LogP contribution in [0.15, 0.2) is 10.6 Å². The number of carbonyl (C=O) groups is 1. The van der Waals surface area contributed by atoms with Crippen LogP contribution in [0.5, 0.6) is 11.1 Å². The Bertz CT molecular complexity index is 957. The van der Waals surface area contributed by atoms with Crippen molar-refractivity contribution in [3.05, 3.63) is 22.4 Å². The monoisotopic (exact) mass is 525 g/mol. The molecule has 0 saturated heterocycles. The molecule has 0 atom stereocenters. The van der Waals surface area contributed by atoms with Gasteiger partial charge in [0, 0.05) is 56.6 Å². The van der Waals surface area contributed by atoms with Crippen molar-refractivity contribution in [2.45, 2.75) is 77.1 Å². The maximum atomic E-state index is 13.0. The second-order valence-corrected chi connectivity index (χ2v) is 11.4. The normalized spacial score (nSPS) is 21.1. The van der Waals surface area contributed by atoms with Gasteiger partial charge < -0.3 is 18.9 Å². The van der Waals surface area contributed by atoms with E-state index < -0.39 is 12.5 Å². The average Bonchev–Trinajstić information content (AvgIpc) is 3.43. The number of ketones is 1. The van der Waals surface area contributed by atoms with Crippen molar-refractivity contribution in [2.24, 2.45) is 11.8 Å². The molecule has 4 rings (SSSR count). The number of nitrogens with zero attached hydrogens (tertiary/aromatic N) is 3. The summed E-state index contributed by atoms with van der Waals surface area (Å²) in [4.78, 5) is 20.6. The first kappa shape index (κ1) is 27.0. The molecular weight excluding hydrogens is 488 g/mol. The van der Waals surface area contributed by atoms with Gasteiger partial charge in [0.05, 0.1) is 12.8 Å². The predicted octanol–water partition coefficient (Wildman–Crippen LogP) is 5.36. The lowest BCUT2D eigenvalue weighted by Crippen LogP contribution is -2.30. The van der Waals surface area contributed by atoms with Gasteiger partial charge >= 0.3 is 0 Å². The van der Waals surface area contributed by atoms with E-state index in [9.17, 15) is 13.6 Å². The van der Waals surface area contributed by atoms with Crippen molar-refractivity contribution in [2.75, 3.05) is 33.4 Å². The molecule has 1 aliphatic carbocycles. The van der Waals surface area contributed by atoms with Gasteiger partial charge in [0.15, 0.2) is 6.61 Å². The van der Waals surface area contributed by atoms with Gasteiger partial charge in [-0.1, -0.05) is 24.2 Å². The van der Waals surface area contributed by atoms with E-state index in [1.807, 2.05) is 0 Å². The first-order valence-electron chi connectivity index (χ1n) is 13.0. The van der Waals surface area contributed by atoms with Crippen LogP contribution in [0.1, 0.15) is 68.2 Å². The molecule has 0 radical (unpaired) electrons. The van der Waals surface area contributed by atoms with Gasteiger partial charge in [0.25, 0.3) is 17.0 Å². The Morgan fingerprint density at radius 3 is 2.69 bits per heavy atom. The summed E-state index contributed by atoms with van der Waals surface area (Å²) in [5.41, 5.74) is 1.00. The Kier molecular flexibility index (Phi) is 9.33. The van der Waals surface area contributed by atoms with Crippen LogP contribution in [0.4, 0.5) is 8.78 Å². The summed E-state index contributed by atoms with van der Waals surface area (Å²) < 4.78 is 41.5. The summed E-state index contributed by atoms with van der Waals surface area (Å²) in [6, 6.07) is 1.74. The van der Waals surface area contributed by atoms with Gasteiger partial charge in [0.1, 0.15) is 11.5 Å². The number of hydrogen-bond donors (Lipinski definition) is 0. The number of rotatable bonds is 12. The van der Waals surface area contributed by atoms with E-state index in [0.717, 1.165) is 63.9 Å². The maximum Gasteiger partial charge on any atom is 0.278 e. The number of hydrogen-bond acceptors (Lipinski definition) is 8. The second-order valence-electron chi connectivity index (χ2n) is 10.3. The molecule has 2 aliphatic rings. The number of fused-ring (bicyclic) bond motifs is 1. The summed E-state index contributed by atoms with van der Waals surface area (Å²) in [5.74, 6) is -0.173. The smallest absolute Gasteiger partial charge is 0.278 e. The minimum Gasteiger partial charge on any atom is -0.479 e. The van der Waals surface area contributed by atoms with Crippen LogP contribution in [-0.2, 0) is 24.1 Å². The molecule has 2 aromatic rings. The van der Waals surface area contributed by atoms with Crippen LogP contribution in [-0.4, -0.2) is 60.1 Å². The number of carbonyl (C=O) groups excluding carboxylic acids is 1. The van der Waals surface area contributed by atoms with Crippen molar-refractivity contribution < 1.29 is 27.6 Å². The molecule has 0 spiro atoms. The molecule has 0 N–H and O–H groups in total. The number of aryl methyl sites for hydroxylation is 1. The van der Waals surface area contributed by atoms with E-state index in [1.165, 1.54) is 35.5 Å². The lowest BCUT2D eigenvalue weighted by molar-refractivity contribution is -0.120. The van der Waals surface area contributed by atoms with E-state index >= 15 is 0 Å². The highest BCUT2D eigenvalue weighted by molar-refractivity contribution is 7.13. The van der Waals surface area contributed by atoms with Crippen molar-refractivity contribution in [1.29, 1.82) is 0 Å². The van der Waals surface area contributed by atoms with Gasteiger partial charge in [-0.3, -0.25) is 4.79 Å². The zero-order chi connectivity index (χ0) is 25.5. The number of Topliss-reactive ketones (excluding diaryl/α,β-unsaturated/α-hetero) is 1. The van der Waals surface area contributed by atoms with Crippen LogP contribution in [0.3, 0.4) is 0 Å². The minimum atomic E-state index is -2.85. The lowest BCUT2D eigenvalue weighted by Gasteiger charge is -2.30. The minimum absolute atomic E-state index is 0.302. The number of aromatic nitrogens is 2. The molecule has 10 heteroatoms. The molecule has 0 amide bonds. The number of halogens is 2. The van der Waals surface area contributed by atoms with Crippen LogP contribution in [0, 0.1) is 11.8 Å². The molecular formula is C26H37F2N3O4S. The Morgan fingerprint density at radius 1 is 1.22 bits per heavy atom. The van der Waals surface area contributed by atoms with Crippen LogP contribution < -0.4 is 9.47 Å². The Morgan fingerprint density at radius 2 is 1.97 bits per heavy atom. The van der Waals surface area contributed by atoms with E-state index in [2.05, 4.69) is 15.0 Å². The van der Waals surface area contributed by atoms with Gasteiger partial charge in [-0.25, -0.2) is 13.8 Å². The van der Waals surface area contributed by atoms with E-state index in [-0.39, 0.29) is 0 Å². The van der Waals surface area contributed by atoms with Gasteiger partial charge in [0.2, 0.25) is 0 Å². The Hall–Kier alpha value is -2.07. The Labute approximate surface area is 215 Å². The summed E-state index contributed by atoms with van der Waals surface area (Å²) in [6.45, 7) is 3.23. The third-order valence-electron chi connectivity index (χ3n) is 7.26. The topological polar surface area (TPSA) is 77.7 Å². The second kappa shape index (κ2) is 12.4. The summed E-state index contributed by atoms with van der Waals surface area (Å²) in [6.07, 6.45) is 9.32. The van der Waals surface area contributed by atoms with Gasteiger partial charge in [-0.2, -0.15) is 0 Å². The van der Waals surface area contributed by atoms with Crippen molar-refractivity contribution in [3.8, 4) is 11.1 Å². The largest absolute Gasteiger partial charge is 0.479 e. The zero-order valence-electron chi connectivity index (χ0n) is 21.3. The third-order valence-corrected chi connectivity index (χ3v) is 8.33. The highest BCUT2D eigenvalue weighted by Crippen LogP contribution is 2.34. The number of thiazole rings is 1. The molecule has 0 unspecified atom stereocenters. The van der Waals surface area contributed by atoms with Crippen molar-refractivity contribution in [3.63, 3.8) is 0 Å². The van der Waals surface area contributed by atoms with E-state index in [4.69, 9.17) is 14.0 Å². The number of methoxy groups -OCH3 is 1. The molecule has 0 bridgehead atoms. The number of ether oxygens (including phenoxy) is 2. The average molecular weight is 526 g/mol. The third kappa shape index (κ3) is 8.23. The summed E-state index contributed by atoms with van der Waals surface area (Å²) in [5, 5.41) is 4.14. The molecule has 36 heavy (non-hydrogen) atoms. The first-order valence-corrected chi connectivity index (χ1v) is 13.8. The molecule has 1 saturated carbocycles. The van der Waals surface area contributed by atoms with E-state index in [1.54, 1.807) is 13.2 Å². The maximum absolute atomic E-state index is 13.0. The SMILES string of the molecule is COc1cc(CCC(=O)CC2CCC(CCN3CCc4nc(OCC(C)(F)F)sc4CC3)CC2)on1. The van der Waals surface area contributed by atoms with Crippen molar-refractivity contribution >= 4 is 17.1 Å². The highest BCUT2D eigenvalue weighted by Gasteiger charge is 2.26. The fourth-order valence-corrected chi connectivity index (χ4v) is 6.09. The zero-order valence-corrected chi connectivity index (χ0v) is 22.1. The molecule has 200 valence electrons. The summed E-state index contributed by atoms with van der Waals surface area (Å²) in [7, 11) is 1.54. The van der Waals surface area contributed by atoms with Gasteiger partial charge in [-0.15, -0.1) is 0 Å². The standard InChI is InChI=1S/C26H37F2N3O4S/c1-26(27,28)17-34-25-29-22-10-13-31(14-11-23(22)36-25)12-9-18-3-5-19(6-4-18)15-20(32)7-8-21-16-24(33-2)30-35-21/h16,18-19H,3-15,17H2,1-2H3. The molecule has 1 aliphatic heterocycles. The van der Waals surface area contributed by atoms with Crippen molar-refractivity contribution in [1.82, 2.24) is 15.0 Å². The first-order chi connectivity index (χ1) is 17.3. The lowest BCUT2D eigenvalue weighted by atomic mass is 9.78. The molecule has 0 aromatic carbocycles. The predicted molar refractivity (Wildman–Crippen MR) is 133 cm³/mol. The van der Waals surface area contributed by atoms with Crippen LogP contribution in [0.25, 0.3) is 0 Å². The highest BCUT2D eigenvalue weighted by atomic mass is 32.1. The van der Waals surface area contributed by atoms with Crippen LogP contribution >= 0.6 is 11.3 Å². The van der Waals surface area contributed by atoms with Gasteiger partial charge in [-0.05, 0) is 49.2 Å². The number of alkyl halides is 2. The summed E-state index contributed by atoms with van der Waals surface area (Å²) >= 11 is 1.41. The van der Waals surface area contributed by atoms with E-state index in [0.29, 0.717) is 47.8 Å². The van der Waals surface area contributed by atoms with Crippen LogP contribution in [0.2, 0.25) is 0 Å². The molecule has 1 fully saturated rings. The quantitative estimate of drug-likeness (QED) is 0.369. The molecule has 7 nitrogen and oxygen atoms in total. The fourth-order valence-electron chi connectivity index (χ4n) is 5.14. The fraction of sp³-hybridized carbons (Fsp3) is 0.731. The molecule has 2 aromatic heterocycles. The Balaban J connectivity index is 1.10. The molecule has 3 heterocycles.